The van der Waals surface area contributed by atoms with Crippen molar-refractivity contribution >= 4 is 45.5 Å². The van der Waals surface area contributed by atoms with Crippen LogP contribution in [0, 0.1) is 0 Å². The van der Waals surface area contributed by atoms with Gasteiger partial charge in [-0.05, 0) is 23.6 Å². The summed E-state index contributed by atoms with van der Waals surface area (Å²) in [6.07, 6.45) is 0.740. The molecule has 6 nitrogen and oxygen atoms in total. The molecule has 3 aromatic heterocycles. The summed E-state index contributed by atoms with van der Waals surface area (Å²) in [6, 6.07) is 14.3. The predicted molar refractivity (Wildman–Crippen MR) is 114 cm³/mol. The quantitative estimate of drug-likeness (QED) is 0.436. The molecule has 4 rings (SSSR count). The first-order chi connectivity index (χ1) is 13.7. The van der Waals surface area contributed by atoms with E-state index in [0.29, 0.717) is 10.9 Å². The monoisotopic (exact) mass is 427 g/mol. The Morgan fingerprint density at radius 2 is 2.00 bits per heavy atom. The van der Waals surface area contributed by atoms with Gasteiger partial charge in [0.1, 0.15) is 5.82 Å². The van der Waals surface area contributed by atoms with E-state index in [1.807, 2.05) is 29.6 Å². The highest BCUT2D eigenvalue weighted by atomic mass is 32.2. The van der Waals surface area contributed by atoms with Crippen LogP contribution in [-0.2, 0) is 17.0 Å². The number of benzene rings is 1. The molecule has 9 heteroatoms. The summed E-state index contributed by atoms with van der Waals surface area (Å²) in [5.74, 6) is 1.45. The SMILES string of the molecule is CC(=O)Nc1nc(CSc2nnc(Cc3cccs3)n2-c2ccccc2)cs1. The second-order valence-electron chi connectivity index (χ2n) is 5.94. The number of amides is 1. The standard InChI is InChI=1S/C19H17N5OS3/c1-13(25)20-18-21-14(11-27-18)12-28-19-23-22-17(10-16-8-5-9-26-16)24(19)15-6-3-2-4-7-15/h2-9,11H,10,12H2,1H3,(H,20,21,25). The molecule has 0 spiro atoms. The number of carbonyl (C=O) groups excluding carboxylic acids is 1. The number of carbonyl (C=O) groups is 1. The van der Waals surface area contributed by atoms with Gasteiger partial charge in [0.05, 0.1) is 5.69 Å². The molecule has 0 bridgehead atoms. The van der Waals surface area contributed by atoms with E-state index in [1.54, 1.807) is 23.1 Å². The number of para-hydroxylation sites is 1. The maximum Gasteiger partial charge on any atom is 0.223 e. The third-order valence-electron chi connectivity index (χ3n) is 3.81. The van der Waals surface area contributed by atoms with Crippen LogP contribution < -0.4 is 5.32 Å². The number of aromatic nitrogens is 4. The van der Waals surface area contributed by atoms with Gasteiger partial charge in [0.25, 0.3) is 0 Å². The summed E-state index contributed by atoms with van der Waals surface area (Å²) in [4.78, 5) is 16.9. The second-order valence-corrected chi connectivity index (χ2v) is 8.77. The second kappa shape index (κ2) is 8.68. The highest BCUT2D eigenvalue weighted by Gasteiger charge is 2.16. The van der Waals surface area contributed by atoms with Crippen LogP contribution in [0.1, 0.15) is 23.3 Å². The normalized spacial score (nSPS) is 10.9. The molecule has 0 fully saturated rings. The molecule has 0 aliphatic heterocycles. The number of nitrogens with zero attached hydrogens (tertiary/aromatic N) is 4. The molecular weight excluding hydrogens is 410 g/mol. The molecule has 0 atom stereocenters. The summed E-state index contributed by atoms with van der Waals surface area (Å²) in [5.41, 5.74) is 1.94. The zero-order chi connectivity index (χ0) is 19.3. The molecule has 3 heterocycles. The molecule has 28 heavy (non-hydrogen) atoms. The maximum absolute atomic E-state index is 11.2. The number of anilines is 1. The highest BCUT2D eigenvalue weighted by molar-refractivity contribution is 7.98. The lowest BCUT2D eigenvalue weighted by molar-refractivity contribution is -0.114. The fraction of sp³-hybridized carbons (Fsp3) is 0.158. The lowest BCUT2D eigenvalue weighted by Gasteiger charge is -2.09. The van der Waals surface area contributed by atoms with Crippen LogP contribution in [0.2, 0.25) is 0 Å². The lowest BCUT2D eigenvalue weighted by atomic mass is 10.3. The largest absolute Gasteiger partial charge is 0.302 e. The van der Waals surface area contributed by atoms with Crippen molar-refractivity contribution in [3.63, 3.8) is 0 Å². The summed E-state index contributed by atoms with van der Waals surface area (Å²) in [6.45, 7) is 1.48. The maximum atomic E-state index is 11.2. The Bertz CT molecular complexity index is 1060. The van der Waals surface area contributed by atoms with Crippen LogP contribution in [0.25, 0.3) is 5.69 Å². The first-order valence-corrected chi connectivity index (χ1v) is 11.3. The fourth-order valence-electron chi connectivity index (χ4n) is 2.63. The molecule has 1 aromatic carbocycles. The van der Waals surface area contributed by atoms with Crippen molar-refractivity contribution in [2.24, 2.45) is 0 Å². The first kappa shape index (κ1) is 18.9. The number of thiophene rings is 1. The minimum absolute atomic E-state index is 0.115. The number of nitrogens with one attached hydrogen (secondary N) is 1. The minimum Gasteiger partial charge on any atom is -0.302 e. The van der Waals surface area contributed by atoms with Gasteiger partial charge in [-0.1, -0.05) is 36.0 Å². The minimum atomic E-state index is -0.115. The molecule has 0 saturated heterocycles. The average molecular weight is 428 g/mol. The Balaban J connectivity index is 1.57. The Morgan fingerprint density at radius 3 is 2.75 bits per heavy atom. The number of rotatable bonds is 7. The van der Waals surface area contributed by atoms with Gasteiger partial charge in [0.15, 0.2) is 10.3 Å². The fourth-order valence-corrected chi connectivity index (χ4v) is 5.06. The van der Waals surface area contributed by atoms with Gasteiger partial charge in [0.2, 0.25) is 5.91 Å². The van der Waals surface area contributed by atoms with Crippen LogP contribution in [0.15, 0.2) is 58.4 Å². The van der Waals surface area contributed by atoms with Gasteiger partial charge in [0, 0.05) is 35.0 Å². The van der Waals surface area contributed by atoms with Gasteiger partial charge in [-0.2, -0.15) is 0 Å². The third-order valence-corrected chi connectivity index (χ3v) is 6.46. The Kier molecular flexibility index (Phi) is 5.84. The van der Waals surface area contributed by atoms with Gasteiger partial charge >= 0.3 is 0 Å². The zero-order valence-electron chi connectivity index (χ0n) is 15.0. The van der Waals surface area contributed by atoms with Crippen LogP contribution in [0.4, 0.5) is 5.13 Å². The molecule has 0 saturated carbocycles. The van der Waals surface area contributed by atoms with Gasteiger partial charge in [-0.25, -0.2) is 4.98 Å². The molecule has 1 N–H and O–H groups in total. The Hall–Kier alpha value is -2.49. The van der Waals surface area contributed by atoms with Gasteiger partial charge in [-0.15, -0.1) is 32.9 Å². The summed E-state index contributed by atoms with van der Waals surface area (Å²) < 4.78 is 2.10. The Morgan fingerprint density at radius 1 is 1.14 bits per heavy atom. The van der Waals surface area contributed by atoms with E-state index in [9.17, 15) is 4.79 Å². The Labute approximate surface area is 174 Å². The molecule has 0 aliphatic carbocycles. The van der Waals surface area contributed by atoms with E-state index in [2.05, 4.69) is 48.6 Å². The topological polar surface area (TPSA) is 72.7 Å². The summed E-state index contributed by atoms with van der Waals surface area (Å²) in [5, 5.41) is 17.1. The molecule has 0 unspecified atom stereocenters. The first-order valence-electron chi connectivity index (χ1n) is 8.56. The molecule has 1 amide bonds. The van der Waals surface area contributed by atoms with E-state index in [1.165, 1.54) is 23.1 Å². The number of thioether (sulfide) groups is 1. The van der Waals surface area contributed by atoms with Crippen molar-refractivity contribution in [3.8, 4) is 5.69 Å². The van der Waals surface area contributed by atoms with Crippen molar-refractivity contribution in [3.05, 3.63) is 69.6 Å². The van der Waals surface area contributed by atoms with E-state index in [0.717, 1.165) is 28.8 Å². The van der Waals surface area contributed by atoms with E-state index in [4.69, 9.17) is 0 Å². The van der Waals surface area contributed by atoms with Gasteiger partial charge in [-0.3, -0.25) is 9.36 Å². The predicted octanol–water partition coefficient (Wildman–Crippen LogP) is 4.63. The third kappa shape index (κ3) is 4.49. The van der Waals surface area contributed by atoms with Crippen LogP contribution in [-0.4, -0.2) is 25.7 Å². The van der Waals surface area contributed by atoms with Crippen molar-refractivity contribution in [1.82, 2.24) is 19.7 Å². The molecular formula is C19H17N5OS3. The number of thiazole rings is 1. The smallest absolute Gasteiger partial charge is 0.223 e. The summed E-state index contributed by atoms with van der Waals surface area (Å²) in [7, 11) is 0. The van der Waals surface area contributed by atoms with Crippen LogP contribution in [0.5, 0.6) is 0 Å². The average Bonchev–Trinajstić information content (AvgIpc) is 3.42. The van der Waals surface area contributed by atoms with Crippen molar-refractivity contribution in [2.75, 3.05) is 5.32 Å². The number of hydrogen-bond acceptors (Lipinski definition) is 7. The number of hydrogen-bond donors (Lipinski definition) is 1. The molecule has 4 aromatic rings. The van der Waals surface area contributed by atoms with Crippen molar-refractivity contribution < 1.29 is 4.79 Å². The zero-order valence-corrected chi connectivity index (χ0v) is 17.5. The van der Waals surface area contributed by atoms with Crippen LogP contribution in [0.3, 0.4) is 0 Å². The van der Waals surface area contributed by atoms with E-state index in [-0.39, 0.29) is 5.91 Å². The van der Waals surface area contributed by atoms with E-state index < -0.39 is 0 Å². The van der Waals surface area contributed by atoms with Crippen molar-refractivity contribution in [2.45, 2.75) is 24.3 Å². The lowest BCUT2D eigenvalue weighted by Crippen LogP contribution is -2.05. The molecule has 0 radical (unpaired) electrons. The molecule has 0 aliphatic rings. The molecule has 142 valence electrons. The van der Waals surface area contributed by atoms with Crippen molar-refractivity contribution in [1.29, 1.82) is 0 Å². The van der Waals surface area contributed by atoms with Gasteiger partial charge < -0.3 is 5.32 Å². The van der Waals surface area contributed by atoms with E-state index >= 15 is 0 Å². The van der Waals surface area contributed by atoms with Crippen LogP contribution >= 0.6 is 34.4 Å². The summed E-state index contributed by atoms with van der Waals surface area (Å²) >= 11 is 4.73. The highest BCUT2D eigenvalue weighted by Crippen LogP contribution is 2.28.